The summed E-state index contributed by atoms with van der Waals surface area (Å²) in [7, 11) is 0. The van der Waals surface area contributed by atoms with E-state index in [4.69, 9.17) is 5.73 Å². The number of anilines is 1. The van der Waals surface area contributed by atoms with Gasteiger partial charge in [-0.2, -0.15) is 0 Å². The van der Waals surface area contributed by atoms with E-state index in [2.05, 4.69) is 10.6 Å². The van der Waals surface area contributed by atoms with E-state index in [1.807, 2.05) is 0 Å². The van der Waals surface area contributed by atoms with Crippen LogP contribution in [0.5, 0.6) is 0 Å². The molecule has 0 aliphatic rings. The number of benzene rings is 1. The first-order valence-electron chi connectivity index (χ1n) is 4.73. The Kier molecular flexibility index (Phi) is 4.56. The van der Waals surface area contributed by atoms with Crippen LogP contribution in [0.1, 0.15) is 6.42 Å². The van der Waals surface area contributed by atoms with Crippen molar-refractivity contribution >= 4 is 11.7 Å². The molecule has 0 bridgehead atoms. The van der Waals surface area contributed by atoms with Crippen LogP contribution in [0.4, 0.5) is 14.9 Å². The minimum atomic E-state index is -0.380. The van der Waals surface area contributed by atoms with Crippen molar-refractivity contribution < 1.29 is 9.18 Å². The number of urea groups is 1. The van der Waals surface area contributed by atoms with E-state index in [-0.39, 0.29) is 11.8 Å². The van der Waals surface area contributed by atoms with Crippen LogP contribution in [0, 0.1) is 5.82 Å². The van der Waals surface area contributed by atoms with Gasteiger partial charge in [-0.3, -0.25) is 0 Å². The predicted molar refractivity (Wildman–Crippen MR) is 57.1 cm³/mol. The molecule has 0 aliphatic carbocycles. The molecule has 4 nitrogen and oxygen atoms in total. The quantitative estimate of drug-likeness (QED) is 0.657. The lowest BCUT2D eigenvalue weighted by atomic mass is 10.3. The Morgan fingerprint density at radius 3 is 2.93 bits per heavy atom. The molecule has 0 unspecified atom stereocenters. The second-order valence-electron chi connectivity index (χ2n) is 3.03. The molecule has 82 valence electrons. The summed E-state index contributed by atoms with van der Waals surface area (Å²) >= 11 is 0. The van der Waals surface area contributed by atoms with Gasteiger partial charge in [-0.1, -0.05) is 6.07 Å². The van der Waals surface area contributed by atoms with E-state index < -0.39 is 0 Å². The largest absolute Gasteiger partial charge is 0.338 e. The van der Waals surface area contributed by atoms with Gasteiger partial charge in [-0.25, -0.2) is 9.18 Å². The average Bonchev–Trinajstić information content (AvgIpc) is 2.18. The van der Waals surface area contributed by atoms with Gasteiger partial charge in [0.05, 0.1) is 0 Å². The zero-order chi connectivity index (χ0) is 11.1. The van der Waals surface area contributed by atoms with Crippen molar-refractivity contribution in [3.8, 4) is 0 Å². The van der Waals surface area contributed by atoms with Gasteiger partial charge < -0.3 is 16.4 Å². The molecule has 0 atom stereocenters. The van der Waals surface area contributed by atoms with Crippen LogP contribution in [0.2, 0.25) is 0 Å². The van der Waals surface area contributed by atoms with Gasteiger partial charge >= 0.3 is 6.03 Å². The lowest BCUT2D eigenvalue weighted by molar-refractivity contribution is 0.252. The first kappa shape index (κ1) is 11.5. The lowest BCUT2D eigenvalue weighted by Crippen LogP contribution is -2.30. The van der Waals surface area contributed by atoms with Crippen molar-refractivity contribution in [2.45, 2.75) is 6.42 Å². The minimum Gasteiger partial charge on any atom is -0.338 e. The van der Waals surface area contributed by atoms with Crippen molar-refractivity contribution in [2.24, 2.45) is 5.73 Å². The van der Waals surface area contributed by atoms with Gasteiger partial charge in [0, 0.05) is 12.2 Å². The van der Waals surface area contributed by atoms with E-state index in [1.165, 1.54) is 18.2 Å². The highest BCUT2D eigenvalue weighted by atomic mass is 19.1. The summed E-state index contributed by atoms with van der Waals surface area (Å²) in [5, 5.41) is 5.11. The predicted octanol–water partition coefficient (Wildman–Crippen LogP) is 1.30. The lowest BCUT2D eigenvalue weighted by Gasteiger charge is -2.06. The zero-order valence-electron chi connectivity index (χ0n) is 8.29. The highest BCUT2D eigenvalue weighted by Gasteiger charge is 2.00. The standard InChI is InChI=1S/C10H14FN3O/c11-8-3-1-4-9(7-8)14-10(15)13-6-2-5-12/h1,3-4,7H,2,5-6,12H2,(H2,13,14,15). The van der Waals surface area contributed by atoms with Crippen molar-refractivity contribution in [1.29, 1.82) is 0 Å². The first-order chi connectivity index (χ1) is 7.22. The smallest absolute Gasteiger partial charge is 0.319 e. The summed E-state index contributed by atoms with van der Waals surface area (Å²) in [5.41, 5.74) is 5.70. The Labute approximate surface area is 87.7 Å². The zero-order valence-corrected chi connectivity index (χ0v) is 8.29. The van der Waals surface area contributed by atoms with Crippen molar-refractivity contribution in [2.75, 3.05) is 18.4 Å². The molecule has 1 aromatic rings. The SMILES string of the molecule is NCCCNC(=O)Nc1cccc(F)c1. The normalized spacial score (nSPS) is 9.73. The summed E-state index contributed by atoms with van der Waals surface area (Å²) in [5.74, 6) is -0.380. The Hall–Kier alpha value is -1.62. The van der Waals surface area contributed by atoms with Crippen LogP contribution in [-0.2, 0) is 0 Å². The van der Waals surface area contributed by atoms with Gasteiger partial charge in [-0.05, 0) is 31.2 Å². The van der Waals surface area contributed by atoms with Gasteiger partial charge in [0.2, 0.25) is 0 Å². The molecular weight excluding hydrogens is 197 g/mol. The minimum absolute atomic E-state index is 0.353. The highest BCUT2D eigenvalue weighted by molar-refractivity contribution is 5.89. The van der Waals surface area contributed by atoms with Crippen LogP contribution in [0.25, 0.3) is 0 Å². The highest BCUT2D eigenvalue weighted by Crippen LogP contribution is 2.08. The van der Waals surface area contributed by atoms with Crippen LogP contribution in [-0.4, -0.2) is 19.1 Å². The average molecular weight is 211 g/mol. The third-order valence-electron chi connectivity index (χ3n) is 1.75. The van der Waals surface area contributed by atoms with E-state index in [0.717, 1.165) is 6.42 Å². The molecule has 0 radical (unpaired) electrons. The van der Waals surface area contributed by atoms with Crippen LogP contribution < -0.4 is 16.4 Å². The molecule has 0 aliphatic heterocycles. The maximum atomic E-state index is 12.7. The maximum absolute atomic E-state index is 12.7. The molecule has 1 rings (SSSR count). The molecule has 2 amide bonds. The Balaban J connectivity index is 2.37. The van der Waals surface area contributed by atoms with Crippen LogP contribution >= 0.6 is 0 Å². The topological polar surface area (TPSA) is 67.1 Å². The summed E-state index contributed by atoms with van der Waals surface area (Å²) < 4.78 is 12.7. The molecular formula is C10H14FN3O. The van der Waals surface area contributed by atoms with Crippen molar-refractivity contribution in [3.05, 3.63) is 30.1 Å². The van der Waals surface area contributed by atoms with Crippen molar-refractivity contribution in [3.63, 3.8) is 0 Å². The molecule has 15 heavy (non-hydrogen) atoms. The second-order valence-corrected chi connectivity index (χ2v) is 3.03. The number of carbonyl (C=O) groups excluding carboxylic acids is 1. The van der Waals surface area contributed by atoms with Gasteiger partial charge in [0.1, 0.15) is 5.82 Å². The summed E-state index contributed by atoms with van der Waals surface area (Å²) in [6.45, 7) is 1.04. The van der Waals surface area contributed by atoms with E-state index in [1.54, 1.807) is 6.07 Å². The van der Waals surface area contributed by atoms with Crippen molar-refractivity contribution in [1.82, 2.24) is 5.32 Å². The Bertz CT molecular complexity index is 330. The van der Waals surface area contributed by atoms with E-state index in [9.17, 15) is 9.18 Å². The molecule has 1 aromatic carbocycles. The number of hydrogen-bond acceptors (Lipinski definition) is 2. The number of amides is 2. The number of nitrogens with two attached hydrogens (primary N) is 1. The number of nitrogens with one attached hydrogen (secondary N) is 2. The molecule has 4 N–H and O–H groups in total. The van der Waals surface area contributed by atoms with Crippen LogP contribution in [0.3, 0.4) is 0 Å². The molecule has 5 heteroatoms. The summed E-state index contributed by atoms with van der Waals surface area (Å²) in [4.78, 5) is 11.2. The summed E-state index contributed by atoms with van der Waals surface area (Å²) in [6, 6.07) is 5.37. The Morgan fingerprint density at radius 1 is 1.47 bits per heavy atom. The maximum Gasteiger partial charge on any atom is 0.319 e. The number of hydrogen-bond donors (Lipinski definition) is 3. The fourth-order valence-corrected chi connectivity index (χ4v) is 1.05. The molecule has 0 saturated heterocycles. The van der Waals surface area contributed by atoms with Gasteiger partial charge in [0.25, 0.3) is 0 Å². The first-order valence-corrected chi connectivity index (χ1v) is 4.73. The molecule has 0 heterocycles. The molecule has 0 saturated carbocycles. The molecule has 0 aromatic heterocycles. The summed E-state index contributed by atoms with van der Waals surface area (Å²) in [6.07, 6.45) is 0.719. The van der Waals surface area contributed by atoms with Gasteiger partial charge in [0.15, 0.2) is 0 Å². The number of rotatable bonds is 4. The number of halogens is 1. The number of carbonyl (C=O) groups is 1. The third-order valence-corrected chi connectivity index (χ3v) is 1.75. The Morgan fingerprint density at radius 2 is 2.27 bits per heavy atom. The van der Waals surface area contributed by atoms with Crippen LogP contribution in [0.15, 0.2) is 24.3 Å². The van der Waals surface area contributed by atoms with Gasteiger partial charge in [-0.15, -0.1) is 0 Å². The molecule has 0 fully saturated rings. The van der Waals surface area contributed by atoms with E-state index in [0.29, 0.717) is 18.8 Å². The second kappa shape index (κ2) is 5.98. The fourth-order valence-electron chi connectivity index (χ4n) is 1.05. The molecule has 0 spiro atoms. The fraction of sp³-hybridized carbons (Fsp3) is 0.300. The van der Waals surface area contributed by atoms with E-state index >= 15 is 0 Å². The monoisotopic (exact) mass is 211 g/mol. The third kappa shape index (κ3) is 4.42.